The molecule has 0 aliphatic rings. The van der Waals surface area contributed by atoms with Crippen LogP contribution in [-0.2, 0) is 38.1 Å². The Morgan fingerprint density at radius 3 is 1.00 bits per heavy atom. The maximum atomic E-state index is 11.5. The summed E-state index contributed by atoms with van der Waals surface area (Å²) in [5.41, 5.74) is 0. The number of carbonyl (C=O) groups excluding carboxylic acids is 4. The minimum absolute atomic E-state index is 0.367. The van der Waals surface area contributed by atoms with Crippen molar-refractivity contribution in [2.75, 3.05) is 28.4 Å². The van der Waals surface area contributed by atoms with Crippen molar-refractivity contribution in [3.63, 3.8) is 0 Å². The molecule has 0 aliphatic carbocycles. The van der Waals surface area contributed by atoms with Crippen LogP contribution in [0, 0.1) is 11.8 Å². The van der Waals surface area contributed by atoms with Gasteiger partial charge in [-0.3, -0.25) is 19.2 Å². The zero-order valence-electron chi connectivity index (χ0n) is 15.4. The number of unbranched alkanes of at least 4 members (excludes halogenated alkanes) is 4. The highest BCUT2D eigenvalue weighted by atomic mass is 16.5. The summed E-state index contributed by atoms with van der Waals surface area (Å²) in [4.78, 5) is 46.1. The van der Waals surface area contributed by atoms with Crippen LogP contribution in [0.15, 0.2) is 0 Å². The van der Waals surface area contributed by atoms with Gasteiger partial charge in [0.1, 0.15) is 0 Å². The van der Waals surface area contributed by atoms with Gasteiger partial charge >= 0.3 is 23.9 Å². The predicted octanol–water partition coefficient (Wildman–Crippen LogP) is 1.64. The van der Waals surface area contributed by atoms with Crippen LogP contribution in [0.4, 0.5) is 0 Å². The molecule has 0 aliphatic heterocycles. The van der Waals surface area contributed by atoms with Gasteiger partial charge in [0.15, 0.2) is 11.8 Å². The van der Waals surface area contributed by atoms with Gasteiger partial charge in [-0.25, -0.2) is 0 Å². The highest BCUT2D eigenvalue weighted by Gasteiger charge is 2.28. The van der Waals surface area contributed by atoms with Gasteiger partial charge in [0.05, 0.1) is 28.4 Å². The molecule has 8 nitrogen and oxygen atoms in total. The maximum absolute atomic E-state index is 11.5. The van der Waals surface area contributed by atoms with Gasteiger partial charge in [-0.1, -0.05) is 32.1 Å². The van der Waals surface area contributed by atoms with Gasteiger partial charge in [0.25, 0.3) is 0 Å². The first-order valence-corrected chi connectivity index (χ1v) is 8.24. The van der Waals surface area contributed by atoms with Gasteiger partial charge in [-0.2, -0.15) is 0 Å². The van der Waals surface area contributed by atoms with E-state index in [1.807, 2.05) is 0 Å². The SMILES string of the molecule is COC(=O)C(CCCCCCCC(C(=O)OC)C(=O)OC)C(=O)OC. The van der Waals surface area contributed by atoms with Gasteiger partial charge in [-0.05, 0) is 12.8 Å². The van der Waals surface area contributed by atoms with Crippen LogP contribution in [0.3, 0.4) is 0 Å². The van der Waals surface area contributed by atoms with Crippen molar-refractivity contribution in [3.05, 3.63) is 0 Å². The fourth-order valence-corrected chi connectivity index (χ4v) is 2.46. The highest BCUT2D eigenvalue weighted by molar-refractivity contribution is 5.95. The van der Waals surface area contributed by atoms with E-state index < -0.39 is 35.7 Å². The zero-order chi connectivity index (χ0) is 19.2. The van der Waals surface area contributed by atoms with Gasteiger partial charge in [0, 0.05) is 0 Å². The van der Waals surface area contributed by atoms with Crippen molar-refractivity contribution in [2.45, 2.75) is 44.9 Å². The molecule has 0 aromatic heterocycles. The van der Waals surface area contributed by atoms with E-state index in [1.54, 1.807) is 0 Å². The number of hydrogen-bond donors (Lipinski definition) is 0. The van der Waals surface area contributed by atoms with Crippen LogP contribution in [0.25, 0.3) is 0 Å². The molecule has 0 radical (unpaired) electrons. The number of methoxy groups -OCH3 is 4. The summed E-state index contributed by atoms with van der Waals surface area (Å²) in [7, 11) is 4.93. The minimum atomic E-state index is -0.891. The standard InChI is InChI=1S/C17H28O8/c1-22-14(18)12(15(19)23-2)10-8-6-5-7-9-11-13(16(20)24-3)17(21)25-4/h12-13H,5-11H2,1-4H3. The lowest BCUT2D eigenvalue weighted by atomic mass is 9.98. The molecule has 0 unspecified atom stereocenters. The molecule has 0 aromatic rings. The molecule has 0 aromatic carbocycles. The molecule has 0 rings (SSSR count). The second kappa shape index (κ2) is 13.2. The monoisotopic (exact) mass is 360 g/mol. The summed E-state index contributed by atoms with van der Waals surface area (Å²) in [5, 5.41) is 0. The first kappa shape index (κ1) is 22.9. The van der Waals surface area contributed by atoms with Crippen LogP contribution in [0.1, 0.15) is 44.9 Å². The van der Waals surface area contributed by atoms with Gasteiger partial charge < -0.3 is 18.9 Å². The van der Waals surface area contributed by atoms with Crippen molar-refractivity contribution in [1.29, 1.82) is 0 Å². The lowest BCUT2D eigenvalue weighted by Gasteiger charge is -2.13. The van der Waals surface area contributed by atoms with Crippen molar-refractivity contribution in [1.82, 2.24) is 0 Å². The average molecular weight is 360 g/mol. The topological polar surface area (TPSA) is 105 Å². The number of hydrogen-bond acceptors (Lipinski definition) is 8. The molecular formula is C17H28O8. The van der Waals surface area contributed by atoms with E-state index in [-0.39, 0.29) is 0 Å². The molecule has 0 heterocycles. The van der Waals surface area contributed by atoms with E-state index >= 15 is 0 Å². The highest BCUT2D eigenvalue weighted by Crippen LogP contribution is 2.17. The molecule has 0 saturated carbocycles. The molecular weight excluding hydrogens is 332 g/mol. The van der Waals surface area contributed by atoms with Gasteiger partial charge in [-0.15, -0.1) is 0 Å². The lowest BCUT2D eigenvalue weighted by molar-refractivity contribution is -0.160. The first-order chi connectivity index (χ1) is 11.9. The largest absolute Gasteiger partial charge is 0.468 e. The quantitative estimate of drug-likeness (QED) is 0.224. The third kappa shape index (κ3) is 8.51. The third-order valence-corrected chi connectivity index (χ3v) is 3.93. The summed E-state index contributed by atoms with van der Waals surface area (Å²) in [6.07, 6.45) is 4.55. The molecule has 0 N–H and O–H groups in total. The summed E-state index contributed by atoms with van der Waals surface area (Å²) in [5.74, 6) is -4.15. The molecule has 0 bridgehead atoms. The van der Waals surface area contributed by atoms with E-state index in [1.165, 1.54) is 28.4 Å². The van der Waals surface area contributed by atoms with Crippen LogP contribution in [-0.4, -0.2) is 52.3 Å². The second-order valence-corrected chi connectivity index (χ2v) is 5.54. The number of esters is 4. The van der Waals surface area contributed by atoms with E-state index in [2.05, 4.69) is 18.9 Å². The van der Waals surface area contributed by atoms with Crippen LogP contribution < -0.4 is 0 Å². The molecule has 0 spiro atoms. The summed E-state index contributed by atoms with van der Waals surface area (Å²) in [6, 6.07) is 0. The predicted molar refractivity (Wildman–Crippen MR) is 87.4 cm³/mol. The Bertz CT molecular complexity index is 374. The molecule has 0 amide bonds. The van der Waals surface area contributed by atoms with Gasteiger partial charge in [0.2, 0.25) is 0 Å². The minimum Gasteiger partial charge on any atom is -0.468 e. The van der Waals surface area contributed by atoms with Crippen LogP contribution in [0.2, 0.25) is 0 Å². The summed E-state index contributed by atoms with van der Waals surface area (Å²) in [6.45, 7) is 0. The average Bonchev–Trinajstić information content (AvgIpc) is 2.64. The van der Waals surface area contributed by atoms with E-state index in [9.17, 15) is 19.2 Å². The fraction of sp³-hybridized carbons (Fsp3) is 0.765. The molecule has 8 heteroatoms. The van der Waals surface area contributed by atoms with Crippen LogP contribution in [0.5, 0.6) is 0 Å². The number of ether oxygens (including phenoxy) is 4. The molecule has 0 atom stereocenters. The maximum Gasteiger partial charge on any atom is 0.320 e. The van der Waals surface area contributed by atoms with Crippen molar-refractivity contribution in [3.8, 4) is 0 Å². The van der Waals surface area contributed by atoms with Crippen LogP contribution >= 0.6 is 0 Å². The molecule has 0 fully saturated rings. The summed E-state index contributed by atoms with van der Waals surface area (Å²) < 4.78 is 18.4. The molecule has 25 heavy (non-hydrogen) atoms. The Balaban J connectivity index is 4.08. The Morgan fingerprint density at radius 1 is 0.520 bits per heavy atom. The number of carbonyl (C=O) groups is 4. The third-order valence-electron chi connectivity index (χ3n) is 3.93. The Kier molecular flexibility index (Phi) is 12.1. The molecule has 0 saturated heterocycles. The Morgan fingerprint density at radius 2 is 0.760 bits per heavy atom. The molecule has 144 valence electrons. The van der Waals surface area contributed by atoms with Crippen molar-refractivity contribution >= 4 is 23.9 Å². The summed E-state index contributed by atoms with van der Waals surface area (Å²) >= 11 is 0. The first-order valence-electron chi connectivity index (χ1n) is 8.24. The fourth-order valence-electron chi connectivity index (χ4n) is 2.46. The van der Waals surface area contributed by atoms with E-state index in [0.29, 0.717) is 25.7 Å². The Hall–Kier alpha value is -2.12. The van der Waals surface area contributed by atoms with Crippen molar-refractivity contribution in [2.24, 2.45) is 11.8 Å². The smallest absolute Gasteiger partial charge is 0.320 e. The lowest BCUT2D eigenvalue weighted by Crippen LogP contribution is -2.26. The number of rotatable bonds is 12. The normalized spacial score (nSPS) is 10.5. The second-order valence-electron chi connectivity index (χ2n) is 5.54. The zero-order valence-corrected chi connectivity index (χ0v) is 15.4. The van der Waals surface area contributed by atoms with E-state index in [4.69, 9.17) is 0 Å². The Labute approximate surface area is 148 Å². The van der Waals surface area contributed by atoms with E-state index in [0.717, 1.165) is 19.3 Å². The van der Waals surface area contributed by atoms with Crippen molar-refractivity contribution < 1.29 is 38.1 Å².